The summed E-state index contributed by atoms with van der Waals surface area (Å²) in [6.45, 7) is 5.69. The van der Waals surface area contributed by atoms with Crippen LogP contribution < -0.4 is 10.2 Å². The van der Waals surface area contributed by atoms with Gasteiger partial charge in [0.25, 0.3) is 0 Å². The summed E-state index contributed by atoms with van der Waals surface area (Å²) in [5.41, 5.74) is 0.871. The molecule has 1 aromatic rings. The van der Waals surface area contributed by atoms with Crippen molar-refractivity contribution in [1.82, 2.24) is 9.88 Å². The molecule has 17 heavy (non-hydrogen) atoms. The van der Waals surface area contributed by atoms with Gasteiger partial charge < -0.3 is 14.6 Å². The van der Waals surface area contributed by atoms with E-state index in [1.165, 1.54) is 0 Å². The van der Waals surface area contributed by atoms with E-state index < -0.39 is 0 Å². The normalized spacial score (nSPS) is 19.5. The van der Waals surface area contributed by atoms with Gasteiger partial charge in [0.05, 0.1) is 12.2 Å². The Hall–Kier alpha value is -1.75. The minimum Gasteiger partial charge on any atom is -0.443 e. The second-order valence-electron chi connectivity index (χ2n) is 4.03. The second kappa shape index (κ2) is 5.05. The molecule has 0 spiro atoms. The molecule has 0 radical (unpaired) electrons. The SMILES string of the molecule is C=CCn1ccc(N2C[C@H](CNC)OC2=O)c1. The molecule has 1 atom stereocenters. The van der Waals surface area contributed by atoms with Crippen LogP contribution in [-0.4, -0.2) is 36.9 Å². The minimum atomic E-state index is -0.276. The number of aromatic nitrogens is 1. The lowest BCUT2D eigenvalue weighted by Gasteiger charge is -2.10. The van der Waals surface area contributed by atoms with Gasteiger partial charge in [-0.2, -0.15) is 0 Å². The van der Waals surface area contributed by atoms with Crippen LogP contribution in [0, 0.1) is 0 Å². The molecule has 0 aliphatic carbocycles. The highest BCUT2D eigenvalue weighted by atomic mass is 16.6. The van der Waals surface area contributed by atoms with Crippen molar-refractivity contribution in [2.45, 2.75) is 12.6 Å². The number of nitrogens with zero attached hydrogens (tertiary/aromatic N) is 2. The van der Waals surface area contributed by atoms with Gasteiger partial charge in [0, 0.05) is 25.5 Å². The number of hydrogen-bond acceptors (Lipinski definition) is 3. The van der Waals surface area contributed by atoms with Crippen LogP contribution in [0.1, 0.15) is 0 Å². The number of likely N-dealkylation sites (N-methyl/N-ethyl adjacent to an activating group) is 1. The summed E-state index contributed by atoms with van der Waals surface area (Å²) in [5, 5.41) is 3.01. The van der Waals surface area contributed by atoms with E-state index in [0.29, 0.717) is 13.1 Å². The Labute approximate surface area is 101 Å². The molecule has 1 fully saturated rings. The first-order chi connectivity index (χ1) is 8.24. The third-order valence-electron chi connectivity index (χ3n) is 2.69. The molecule has 5 heteroatoms. The number of rotatable bonds is 5. The van der Waals surface area contributed by atoms with Gasteiger partial charge in [-0.15, -0.1) is 6.58 Å². The third kappa shape index (κ3) is 2.50. The van der Waals surface area contributed by atoms with Crippen molar-refractivity contribution in [3.05, 3.63) is 31.1 Å². The highest BCUT2D eigenvalue weighted by Gasteiger charge is 2.32. The highest BCUT2D eigenvalue weighted by Crippen LogP contribution is 2.21. The molecule has 0 bridgehead atoms. The summed E-state index contributed by atoms with van der Waals surface area (Å²) in [7, 11) is 1.84. The van der Waals surface area contributed by atoms with E-state index in [-0.39, 0.29) is 12.2 Å². The van der Waals surface area contributed by atoms with Crippen molar-refractivity contribution in [2.24, 2.45) is 0 Å². The molecular formula is C12H17N3O2. The Morgan fingerprint density at radius 2 is 2.53 bits per heavy atom. The fourth-order valence-corrected chi connectivity index (χ4v) is 1.92. The summed E-state index contributed by atoms with van der Waals surface area (Å²) in [6.07, 6.45) is 5.31. The van der Waals surface area contributed by atoms with Gasteiger partial charge >= 0.3 is 6.09 Å². The predicted octanol–water partition coefficient (Wildman–Crippen LogP) is 1.22. The summed E-state index contributed by atoms with van der Waals surface area (Å²) < 4.78 is 7.21. The summed E-state index contributed by atoms with van der Waals surface area (Å²) in [6, 6.07) is 1.91. The maximum Gasteiger partial charge on any atom is 0.414 e. The molecule has 0 unspecified atom stereocenters. The fraction of sp³-hybridized carbons (Fsp3) is 0.417. The molecule has 1 amide bonds. The second-order valence-corrected chi connectivity index (χ2v) is 4.03. The zero-order chi connectivity index (χ0) is 12.3. The standard InChI is InChI=1S/C12H17N3O2/c1-3-5-14-6-4-10(8-14)15-9-11(7-13-2)17-12(15)16/h3-4,6,8,11,13H,1,5,7,9H2,2H3/t11-/m0/s1. The molecule has 2 heterocycles. The van der Waals surface area contributed by atoms with Crippen LogP contribution >= 0.6 is 0 Å². The molecule has 1 aliphatic heterocycles. The van der Waals surface area contributed by atoms with E-state index in [9.17, 15) is 4.79 Å². The van der Waals surface area contributed by atoms with Crippen molar-refractivity contribution < 1.29 is 9.53 Å². The average molecular weight is 235 g/mol. The van der Waals surface area contributed by atoms with E-state index in [0.717, 1.165) is 12.2 Å². The molecule has 0 saturated carbocycles. The van der Waals surface area contributed by atoms with Crippen LogP contribution in [-0.2, 0) is 11.3 Å². The fourth-order valence-electron chi connectivity index (χ4n) is 1.92. The average Bonchev–Trinajstić information content (AvgIpc) is 2.87. The zero-order valence-electron chi connectivity index (χ0n) is 9.93. The number of carbonyl (C=O) groups is 1. The lowest BCUT2D eigenvalue weighted by Crippen LogP contribution is -2.28. The Bertz CT molecular complexity index is 414. The van der Waals surface area contributed by atoms with Gasteiger partial charge in [0.15, 0.2) is 0 Å². The lowest BCUT2D eigenvalue weighted by atomic mass is 10.3. The van der Waals surface area contributed by atoms with Gasteiger partial charge in [-0.05, 0) is 13.1 Å². The van der Waals surface area contributed by atoms with E-state index >= 15 is 0 Å². The Morgan fingerprint density at radius 1 is 1.71 bits per heavy atom. The Balaban J connectivity index is 2.06. The Morgan fingerprint density at radius 3 is 3.24 bits per heavy atom. The number of cyclic esters (lactones) is 1. The quantitative estimate of drug-likeness (QED) is 0.780. The van der Waals surface area contributed by atoms with E-state index in [1.807, 2.05) is 36.2 Å². The predicted molar refractivity (Wildman–Crippen MR) is 66.2 cm³/mol. The van der Waals surface area contributed by atoms with Crippen molar-refractivity contribution >= 4 is 11.8 Å². The molecule has 92 valence electrons. The first kappa shape index (κ1) is 11.7. The first-order valence-corrected chi connectivity index (χ1v) is 5.64. The number of allylic oxidation sites excluding steroid dienone is 1. The zero-order valence-corrected chi connectivity index (χ0v) is 9.93. The van der Waals surface area contributed by atoms with Crippen molar-refractivity contribution in [1.29, 1.82) is 0 Å². The van der Waals surface area contributed by atoms with Crippen molar-refractivity contribution in [2.75, 3.05) is 25.0 Å². The van der Waals surface area contributed by atoms with Gasteiger partial charge in [-0.25, -0.2) is 4.79 Å². The van der Waals surface area contributed by atoms with Crippen molar-refractivity contribution in [3.8, 4) is 0 Å². The number of ether oxygens (including phenoxy) is 1. The maximum atomic E-state index is 11.7. The van der Waals surface area contributed by atoms with Crippen molar-refractivity contribution in [3.63, 3.8) is 0 Å². The Kier molecular flexibility index (Phi) is 3.49. The molecule has 1 N–H and O–H groups in total. The molecule has 2 rings (SSSR count). The summed E-state index contributed by atoms with van der Waals surface area (Å²) in [5.74, 6) is 0. The topological polar surface area (TPSA) is 46.5 Å². The van der Waals surface area contributed by atoms with E-state index in [4.69, 9.17) is 4.74 Å². The monoisotopic (exact) mass is 235 g/mol. The molecule has 1 saturated heterocycles. The number of nitrogens with one attached hydrogen (secondary N) is 1. The van der Waals surface area contributed by atoms with Gasteiger partial charge in [0.2, 0.25) is 0 Å². The smallest absolute Gasteiger partial charge is 0.414 e. The number of amides is 1. The maximum absolute atomic E-state index is 11.7. The molecular weight excluding hydrogens is 218 g/mol. The van der Waals surface area contributed by atoms with Gasteiger partial charge in [0.1, 0.15) is 6.10 Å². The number of carbonyl (C=O) groups excluding carboxylic acids is 1. The van der Waals surface area contributed by atoms with Crippen LogP contribution in [0.2, 0.25) is 0 Å². The van der Waals surface area contributed by atoms with Crippen LogP contribution in [0.5, 0.6) is 0 Å². The molecule has 5 nitrogen and oxygen atoms in total. The van der Waals surface area contributed by atoms with Gasteiger partial charge in [-0.1, -0.05) is 6.08 Å². The highest BCUT2D eigenvalue weighted by molar-refractivity contribution is 5.89. The molecule has 1 aromatic heterocycles. The minimum absolute atomic E-state index is 0.0738. The first-order valence-electron chi connectivity index (χ1n) is 5.64. The van der Waals surface area contributed by atoms with E-state index in [1.54, 1.807) is 4.90 Å². The lowest BCUT2D eigenvalue weighted by molar-refractivity contribution is 0.141. The van der Waals surface area contributed by atoms with Crippen LogP contribution in [0.25, 0.3) is 0 Å². The summed E-state index contributed by atoms with van der Waals surface area (Å²) in [4.78, 5) is 13.3. The molecule has 1 aliphatic rings. The largest absolute Gasteiger partial charge is 0.443 e. The molecule has 0 aromatic carbocycles. The number of hydrogen-bond donors (Lipinski definition) is 1. The van der Waals surface area contributed by atoms with Crippen LogP contribution in [0.3, 0.4) is 0 Å². The van der Waals surface area contributed by atoms with Crippen LogP contribution in [0.15, 0.2) is 31.1 Å². The number of anilines is 1. The van der Waals surface area contributed by atoms with Gasteiger partial charge in [-0.3, -0.25) is 4.90 Å². The van der Waals surface area contributed by atoms with Crippen LogP contribution in [0.4, 0.5) is 10.5 Å². The van der Waals surface area contributed by atoms with E-state index in [2.05, 4.69) is 11.9 Å². The summed E-state index contributed by atoms with van der Waals surface area (Å²) >= 11 is 0. The third-order valence-corrected chi connectivity index (χ3v) is 2.69.